The van der Waals surface area contributed by atoms with Crippen LogP contribution in [-0.2, 0) is 4.74 Å². The number of rotatable bonds is 2. The van der Waals surface area contributed by atoms with E-state index in [1.807, 2.05) is 0 Å². The van der Waals surface area contributed by atoms with Crippen LogP contribution in [0.25, 0.3) is 16.7 Å². The first-order chi connectivity index (χ1) is 10.7. The predicted molar refractivity (Wildman–Crippen MR) is 66.9 cm³/mol. The number of carbonyl (C=O) groups excluding carboxylic acids is 1. The molecule has 3 aromatic heterocycles. The first kappa shape index (κ1) is 15.1. The highest BCUT2D eigenvalue weighted by Crippen LogP contribution is 2.36. The monoisotopic (exact) mass is 331 g/mol. The Morgan fingerprint density at radius 2 is 1.87 bits per heavy atom. The van der Waals surface area contributed by atoms with Gasteiger partial charge in [0.05, 0.1) is 0 Å². The van der Waals surface area contributed by atoms with Crippen molar-refractivity contribution in [2.45, 2.75) is 12.3 Å². The molecule has 0 aliphatic rings. The highest BCUT2D eigenvalue weighted by atomic mass is 19.4. The van der Waals surface area contributed by atoms with Crippen molar-refractivity contribution in [3.05, 3.63) is 42.4 Å². The zero-order valence-corrected chi connectivity index (χ0v) is 11.0. The topological polar surface area (TPSA) is 56.5 Å². The number of halogens is 5. The number of nitrogens with zero attached hydrogens (tertiary/aromatic N) is 3. The van der Waals surface area contributed by atoms with E-state index < -0.39 is 23.9 Å². The first-order valence-electron chi connectivity index (χ1n) is 6.10. The van der Waals surface area contributed by atoms with Crippen LogP contribution in [0.5, 0.6) is 0 Å². The third kappa shape index (κ3) is 2.56. The molecule has 0 N–H and O–H groups in total. The van der Waals surface area contributed by atoms with Crippen LogP contribution in [0, 0.1) is 0 Å². The SMILES string of the molecule is O=C(OC(F)(F)C(F)(F)F)c1cn2c(ccc3cccnc32)n1. The van der Waals surface area contributed by atoms with E-state index in [0.717, 1.165) is 6.20 Å². The molecule has 0 unspecified atom stereocenters. The Bertz CT molecular complexity index is 903. The van der Waals surface area contributed by atoms with Gasteiger partial charge >= 0.3 is 18.3 Å². The van der Waals surface area contributed by atoms with Gasteiger partial charge in [0.15, 0.2) is 5.69 Å². The number of imidazole rings is 1. The summed E-state index contributed by atoms with van der Waals surface area (Å²) in [5.41, 5.74) is -0.176. The van der Waals surface area contributed by atoms with E-state index in [-0.39, 0.29) is 5.65 Å². The smallest absolute Gasteiger partial charge is 0.389 e. The van der Waals surface area contributed by atoms with E-state index in [2.05, 4.69) is 14.7 Å². The van der Waals surface area contributed by atoms with Gasteiger partial charge in [-0.2, -0.15) is 22.0 Å². The van der Waals surface area contributed by atoms with Crippen LogP contribution in [0.15, 0.2) is 36.7 Å². The molecule has 10 heteroatoms. The molecule has 3 rings (SSSR count). The minimum absolute atomic E-state index is 0.151. The van der Waals surface area contributed by atoms with E-state index in [0.29, 0.717) is 11.0 Å². The predicted octanol–water partition coefficient (Wildman–Crippen LogP) is 3.19. The second kappa shape index (κ2) is 4.86. The summed E-state index contributed by atoms with van der Waals surface area (Å²) in [5, 5.41) is 0.665. The van der Waals surface area contributed by atoms with Crippen molar-refractivity contribution in [2.75, 3.05) is 0 Å². The van der Waals surface area contributed by atoms with E-state index >= 15 is 0 Å². The molecule has 0 radical (unpaired) electrons. The Morgan fingerprint density at radius 3 is 2.57 bits per heavy atom. The van der Waals surface area contributed by atoms with Crippen molar-refractivity contribution in [2.24, 2.45) is 0 Å². The fraction of sp³-hybridized carbons (Fsp3) is 0.154. The standard InChI is InChI=1S/C13H6F5N3O2/c14-12(15,16)13(17,18)23-11(22)8-6-21-9(20-8)4-3-7-2-1-5-19-10(7)21/h1-6H. The van der Waals surface area contributed by atoms with Crippen molar-refractivity contribution in [3.63, 3.8) is 0 Å². The second-order valence-corrected chi connectivity index (χ2v) is 4.51. The van der Waals surface area contributed by atoms with E-state index in [9.17, 15) is 26.7 Å². The average molecular weight is 331 g/mol. The number of esters is 1. The summed E-state index contributed by atoms with van der Waals surface area (Å²) in [6.07, 6.45) is -9.16. The Balaban J connectivity index is 2.01. The zero-order chi connectivity index (χ0) is 16.8. The molecule has 0 bridgehead atoms. The lowest BCUT2D eigenvalue weighted by molar-refractivity contribution is -0.370. The van der Waals surface area contributed by atoms with Gasteiger partial charge in [-0.1, -0.05) is 0 Å². The van der Waals surface area contributed by atoms with Crippen molar-refractivity contribution >= 4 is 22.6 Å². The molecule has 5 nitrogen and oxygen atoms in total. The zero-order valence-electron chi connectivity index (χ0n) is 11.0. The molecular weight excluding hydrogens is 325 g/mol. The number of pyridine rings is 2. The van der Waals surface area contributed by atoms with Gasteiger partial charge < -0.3 is 4.74 Å². The van der Waals surface area contributed by atoms with Gasteiger partial charge in [0, 0.05) is 17.8 Å². The number of hydrogen-bond acceptors (Lipinski definition) is 4. The molecule has 0 atom stereocenters. The summed E-state index contributed by atoms with van der Waals surface area (Å²) in [7, 11) is 0. The van der Waals surface area contributed by atoms with Gasteiger partial charge in [-0.3, -0.25) is 4.40 Å². The average Bonchev–Trinajstić information content (AvgIpc) is 2.90. The lowest BCUT2D eigenvalue weighted by Gasteiger charge is -2.18. The Morgan fingerprint density at radius 1 is 1.13 bits per heavy atom. The summed E-state index contributed by atoms with van der Waals surface area (Å²) in [6, 6.07) is 6.44. The molecule has 3 heterocycles. The van der Waals surface area contributed by atoms with Crippen LogP contribution in [-0.4, -0.2) is 32.6 Å². The van der Waals surface area contributed by atoms with Crippen LogP contribution >= 0.6 is 0 Å². The highest BCUT2D eigenvalue weighted by molar-refractivity contribution is 5.89. The molecule has 0 aromatic carbocycles. The molecule has 0 saturated heterocycles. The van der Waals surface area contributed by atoms with E-state index in [1.165, 1.54) is 16.7 Å². The van der Waals surface area contributed by atoms with Gasteiger partial charge in [-0.05, 0) is 24.3 Å². The summed E-state index contributed by atoms with van der Waals surface area (Å²) in [6.45, 7) is 0. The van der Waals surface area contributed by atoms with Gasteiger partial charge in [0.2, 0.25) is 0 Å². The summed E-state index contributed by atoms with van der Waals surface area (Å²) >= 11 is 0. The van der Waals surface area contributed by atoms with Crippen molar-refractivity contribution in [1.82, 2.24) is 14.4 Å². The van der Waals surface area contributed by atoms with Crippen LogP contribution in [0.2, 0.25) is 0 Å². The van der Waals surface area contributed by atoms with E-state index in [4.69, 9.17) is 0 Å². The fourth-order valence-corrected chi connectivity index (χ4v) is 1.91. The highest BCUT2D eigenvalue weighted by Gasteiger charge is 2.62. The van der Waals surface area contributed by atoms with Crippen molar-refractivity contribution in [1.29, 1.82) is 0 Å². The summed E-state index contributed by atoms with van der Waals surface area (Å²) in [4.78, 5) is 19.2. The maximum absolute atomic E-state index is 12.8. The largest absolute Gasteiger partial charge is 0.501 e. The Hall–Kier alpha value is -2.78. The Kier molecular flexibility index (Phi) is 3.20. The Labute approximate surface area is 124 Å². The maximum Gasteiger partial charge on any atom is 0.501 e. The number of hydrogen-bond donors (Lipinski definition) is 0. The lowest BCUT2D eigenvalue weighted by atomic mass is 10.3. The quantitative estimate of drug-likeness (QED) is 0.534. The minimum Gasteiger partial charge on any atom is -0.389 e. The molecule has 3 aromatic rings. The van der Waals surface area contributed by atoms with Gasteiger partial charge in [0.25, 0.3) is 0 Å². The maximum atomic E-state index is 12.8. The lowest BCUT2D eigenvalue weighted by Crippen LogP contribution is -2.40. The number of carbonyl (C=O) groups is 1. The third-order valence-electron chi connectivity index (χ3n) is 2.95. The van der Waals surface area contributed by atoms with E-state index in [1.54, 1.807) is 18.2 Å². The normalized spacial score (nSPS) is 12.7. The molecule has 0 amide bonds. The molecule has 120 valence electrons. The van der Waals surface area contributed by atoms with Crippen LogP contribution in [0.4, 0.5) is 22.0 Å². The number of ether oxygens (including phenoxy) is 1. The third-order valence-corrected chi connectivity index (χ3v) is 2.95. The number of aromatic nitrogens is 3. The van der Waals surface area contributed by atoms with Crippen LogP contribution < -0.4 is 0 Å². The molecule has 0 fully saturated rings. The van der Waals surface area contributed by atoms with Crippen molar-refractivity contribution in [3.8, 4) is 0 Å². The molecule has 23 heavy (non-hydrogen) atoms. The van der Waals surface area contributed by atoms with Crippen LogP contribution in [0.3, 0.4) is 0 Å². The van der Waals surface area contributed by atoms with Gasteiger partial charge in [-0.15, -0.1) is 0 Å². The molecule has 0 spiro atoms. The number of fused-ring (bicyclic) bond motifs is 3. The second-order valence-electron chi connectivity index (χ2n) is 4.51. The number of alkyl halides is 5. The van der Waals surface area contributed by atoms with Crippen LogP contribution in [0.1, 0.15) is 10.5 Å². The molecule has 0 aliphatic carbocycles. The summed E-state index contributed by atoms with van der Waals surface area (Å²) in [5.74, 6) is -1.89. The molecule has 0 aliphatic heterocycles. The van der Waals surface area contributed by atoms with Gasteiger partial charge in [-0.25, -0.2) is 14.8 Å². The fourth-order valence-electron chi connectivity index (χ4n) is 1.91. The van der Waals surface area contributed by atoms with Gasteiger partial charge in [0.1, 0.15) is 11.3 Å². The molecular formula is C13H6F5N3O2. The molecule has 0 saturated carbocycles. The first-order valence-corrected chi connectivity index (χ1v) is 6.10. The minimum atomic E-state index is -6.00. The summed E-state index contributed by atoms with van der Waals surface area (Å²) < 4.78 is 66.2. The van der Waals surface area contributed by atoms with Crippen molar-refractivity contribution < 1.29 is 31.5 Å².